The van der Waals surface area contributed by atoms with Gasteiger partial charge in [-0.25, -0.2) is 9.97 Å². The van der Waals surface area contributed by atoms with Crippen molar-refractivity contribution in [2.24, 2.45) is 0 Å². The highest BCUT2D eigenvalue weighted by Gasteiger charge is 2.16. The van der Waals surface area contributed by atoms with E-state index in [-0.39, 0.29) is 12.5 Å². The molecule has 1 saturated heterocycles. The third-order valence-corrected chi connectivity index (χ3v) is 2.98. The van der Waals surface area contributed by atoms with Crippen LogP contribution in [-0.2, 0) is 9.53 Å². The van der Waals surface area contributed by atoms with Gasteiger partial charge in [0.15, 0.2) is 0 Å². The number of ether oxygens (including phenoxy) is 1. The summed E-state index contributed by atoms with van der Waals surface area (Å²) in [4.78, 5) is 24.3. The molecule has 1 aromatic heterocycles. The molecule has 0 unspecified atom stereocenters. The summed E-state index contributed by atoms with van der Waals surface area (Å²) in [6.07, 6.45) is 3.24. The Bertz CT molecular complexity index is 415. The predicted octanol–water partition coefficient (Wildman–Crippen LogP) is -0.187. The minimum absolute atomic E-state index is 0.0280. The second-order valence-electron chi connectivity index (χ2n) is 4.54. The van der Waals surface area contributed by atoms with Gasteiger partial charge in [-0.3, -0.25) is 4.79 Å². The van der Waals surface area contributed by atoms with Crippen LogP contribution in [0.4, 0.5) is 11.6 Å². The van der Waals surface area contributed by atoms with Crippen molar-refractivity contribution in [2.45, 2.75) is 0 Å². The number of carbonyl (C=O) groups excluding carboxylic acids is 1. The second-order valence-corrected chi connectivity index (χ2v) is 4.54. The number of aromatic nitrogens is 2. The lowest BCUT2D eigenvalue weighted by Gasteiger charge is -2.32. The number of methoxy groups -OCH3 is 1. The normalized spacial score (nSPS) is 16.4. The molecule has 0 aliphatic carbocycles. The summed E-state index contributed by atoms with van der Waals surface area (Å²) in [6, 6.07) is 0. The summed E-state index contributed by atoms with van der Waals surface area (Å²) in [7, 11) is 3.58. The Kier molecular flexibility index (Phi) is 4.64. The van der Waals surface area contributed by atoms with E-state index in [1.54, 1.807) is 12.4 Å². The lowest BCUT2D eigenvalue weighted by molar-refractivity contribution is -0.119. The van der Waals surface area contributed by atoms with E-state index in [0.29, 0.717) is 11.6 Å². The molecule has 0 atom stereocenters. The minimum atomic E-state index is -0.210. The first-order valence-corrected chi connectivity index (χ1v) is 6.23. The predicted molar refractivity (Wildman–Crippen MR) is 72.2 cm³/mol. The van der Waals surface area contributed by atoms with Gasteiger partial charge in [0.05, 0.1) is 18.1 Å². The maximum absolute atomic E-state index is 11.3. The van der Waals surface area contributed by atoms with Crippen LogP contribution in [0.1, 0.15) is 0 Å². The van der Waals surface area contributed by atoms with Gasteiger partial charge in [0, 0.05) is 33.3 Å². The first kappa shape index (κ1) is 13.7. The molecule has 7 heteroatoms. The number of likely N-dealkylation sites (N-methyl/N-ethyl adjacent to an activating group) is 1. The fraction of sp³-hybridized carbons (Fsp3) is 0.583. The first-order chi connectivity index (χ1) is 9.19. The molecule has 7 nitrogen and oxygen atoms in total. The molecule has 2 rings (SSSR count). The smallest absolute Gasteiger partial charge is 0.250 e. The zero-order chi connectivity index (χ0) is 13.7. The van der Waals surface area contributed by atoms with E-state index in [0.717, 1.165) is 26.2 Å². The topological polar surface area (TPSA) is 70.6 Å². The van der Waals surface area contributed by atoms with Gasteiger partial charge in [-0.2, -0.15) is 0 Å². The standard InChI is InChI=1S/C12H19N5O2/c1-16-3-5-17(6-4-16)12-13-7-10(8-14-12)15-11(18)9-19-2/h7-8H,3-6,9H2,1-2H3,(H,15,18). The van der Waals surface area contributed by atoms with Gasteiger partial charge in [0.25, 0.3) is 0 Å². The minimum Gasteiger partial charge on any atom is -0.375 e. The molecule has 0 saturated carbocycles. The van der Waals surface area contributed by atoms with Crippen LogP contribution < -0.4 is 10.2 Å². The molecule has 0 bridgehead atoms. The summed E-state index contributed by atoms with van der Waals surface area (Å²) in [6.45, 7) is 3.89. The molecule has 2 heterocycles. The van der Waals surface area contributed by atoms with Gasteiger partial charge < -0.3 is 19.9 Å². The fourth-order valence-corrected chi connectivity index (χ4v) is 1.88. The molecule has 1 N–H and O–H groups in total. The Morgan fingerprint density at radius 3 is 2.53 bits per heavy atom. The number of hydrogen-bond acceptors (Lipinski definition) is 6. The lowest BCUT2D eigenvalue weighted by atomic mass is 10.3. The van der Waals surface area contributed by atoms with Gasteiger partial charge in [-0.1, -0.05) is 0 Å². The van der Waals surface area contributed by atoms with Crippen LogP contribution in [-0.4, -0.2) is 67.7 Å². The Morgan fingerprint density at radius 1 is 1.32 bits per heavy atom. The third kappa shape index (κ3) is 3.87. The number of hydrogen-bond donors (Lipinski definition) is 1. The Balaban J connectivity index is 1.92. The number of carbonyl (C=O) groups is 1. The third-order valence-electron chi connectivity index (χ3n) is 2.98. The monoisotopic (exact) mass is 265 g/mol. The maximum Gasteiger partial charge on any atom is 0.250 e. The van der Waals surface area contributed by atoms with Gasteiger partial charge in [-0.15, -0.1) is 0 Å². The number of nitrogens with one attached hydrogen (secondary N) is 1. The summed E-state index contributed by atoms with van der Waals surface area (Å²) >= 11 is 0. The van der Waals surface area contributed by atoms with Crippen LogP contribution in [0.5, 0.6) is 0 Å². The van der Waals surface area contributed by atoms with Crippen LogP contribution in [0.3, 0.4) is 0 Å². The van der Waals surface area contributed by atoms with E-state index in [1.165, 1.54) is 7.11 Å². The first-order valence-electron chi connectivity index (χ1n) is 6.23. The molecule has 0 spiro atoms. The highest BCUT2D eigenvalue weighted by Crippen LogP contribution is 2.12. The van der Waals surface area contributed by atoms with Crippen molar-refractivity contribution >= 4 is 17.5 Å². The van der Waals surface area contributed by atoms with Crippen molar-refractivity contribution in [3.05, 3.63) is 12.4 Å². The number of amides is 1. The van der Waals surface area contributed by atoms with E-state index in [4.69, 9.17) is 4.74 Å². The molecule has 1 aliphatic rings. The van der Waals surface area contributed by atoms with Crippen LogP contribution in [0.2, 0.25) is 0 Å². The van der Waals surface area contributed by atoms with E-state index in [2.05, 4.69) is 32.1 Å². The number of rotatable bonds is 4. The van der Waals surface area contributed by atoms with Gasteiger partial charge in [-0.05, 0) is 7.05 Å². The second kappa shape index (κ2) is 6.44. The zero-order valence-electron chi connectivity index (χ0n) is 11.3. The van der Waals surface area contributed by atoms with Gasteiger partial charge >= 0.3 is 0 Å². The van der Waals surface area contributed by atoms with Gasteiger partial charge in [0.2, 0.25) is 11.9 Å². The Morgan fingerprint density at radius 2 is 1.95 bits per heavy atom. The largest absolute Gasteiger partial charge is 0.375 e. The molecule has 1 amide bonds. The van der Waals surface area contributed by atoms with Crippen molar-refractivity contribution in [1.29, 1.82) is 0 Å². The van der Waals surface area contributed by atoms with E-state index < -0.39 is 0 Å². The van der Waals surface area contributed by atoms with Crippen molar-refractivity contribution < 1.29 is 9.53 Å². The van der Waals surface area contributed by atoms with Crippen LogP contribution in [0.25, 0.3) is 0 Å². The molecule has 1 fully saturated rings. The van der Waals surface area contributed by atoms with Crippen molar-refractivity contribution in [3.63, 3.8) is 0 Å². The molecule has 19 heavy (non-hydrogen) atoms. The molecule has 0 aromatic carbocycles. The molecular formula is C12H19N5O2. The van der Waals surface area contributed by atoms with Crippen LogP contribution in [0, 0.1) is 0 Å². The summed E-state index contributed by atoms with van der Waals surface area (Å²) in [5.74, 6) is 0.497. The lowest BCUT2D eigenvalue weighted by Crippen LogP contribution is -2.45. The van der Waals surface area contributed by atoms with Crippen molar-refractivity contribution in [3.8, 4) is 0 Å². The Hall–Kier alpha value is -1.73. The Labute approximate surface area is 112 Å². The average Bonchev–Trinajstić information content (AvgIpc) is 2.41. The molecular weight excluding hydrogens is 246 g/mol. The highest BCUT2D eigenvalue weighted by molar-refractivity contribution is 5.91. The van der Waals surface area contributed by atoms with Crippen molar-refractivity contribution in [1.82, 2.24) is 14.9 Å². The summed E-state index contributed by atoms with van der Waals surface area (Å²) < 4.78 is 4.74. The van der Waals surface area contributed by atoms with Crippen molar-refractivity contribution in [2.75, 3.05) is 57.2 Å². The molecule has 0 radical (unpaired) electrons. The SMILES string of the molecule is COCC(=O)Nc1cnc(N2CCN(C)CC2)nc1. The molecule has 1 aliphatic heterocycles. The maximum atomic E-state index is 11.3. The average molecular weight is 265 g/mol. The highest BCUT2D eigenvalue weighted by atomic mass is 16.5. The number of nitrogens with zero attached hydrogens (tertiary/aromatic N) is 4. The number of piperazine rings is 1. The van der Waals surface area contributed by atoms with E-state index in [1.807, 2.05) is 0 Å². The summed E-state index contributed by atoms with van der Waals surface area (Å²) in [5.41, 5.74) is 0.583. The van der Waals surface area contributed by atoms with Crippen LogP contribution in [0.15, 0.2) is 12.4 Å². The quantitative estimate of drug-likeness (QED) is 0.814. The fourth-order valence-electron chi connectivity index (χ4n) is 1.88. The van der Waals surface area contributed by atoms with E-state index >= 15 is 0 Å². The summed E-state index contributed by atoms with van der Waals surface area (Å²) in [5, 5.41) is 2.66. The number of anilines is 2. The molecule has 104 valence electrons. The molecule has 1 aromatic rings. The zero-order valence-corrected chi connectivity index (χ0v) is 11.3. The van der Waals surface area contributed by atoms with Crippen LogP contribution >= 0.6 is 0 Å². The van der Waals surface area contributed by atoms with Gasteiger partial charge in [0.1, 0.15) is 6.61 Å². The van der Waals surface area contributed by atoms with E-state index in [9.17, 15) is 4.79 Å².